The molecular formula is C26H28N6O6. The predicted octanol–water partition coefficient (Wildman–Crippen LogP) is 5.17. The summed E-state index contributed by atoms with van der Waals surface area (Å²) in [6.07, 6.45) is 1.65. The number of aryl methyl sites for hydroxylation is 1. The molecule has 0 saturated carbocycles. The Balaban J connectivity index is 1.45. The molecule has 0 bridgehead atoms. The molecule has 0 radical (unpaired) electrons. The Morgan fingerprint density at radius 1 is 0.789 bits per heavy atom. The van der Waals surface area contributed by atoms with E-state index in [-0.39, 0.29) is 23.1 Å². The topological polar surface area (TPSA) is 148 Å². The van der Waals surface area contributed by atoms with Crippen molar-refractivity contribution in [2.45, 2.75) is 25.8 Å². The van der Waals surface area contributed by atoms with Gasteiger partial charge in [0.05, 0.1) is 20.8 Å². The smallest absolute Gasteiger partial charge is 0.299 e. The van der Waals surface area contributed by atoms with E-state index in [1.165, 1.54) is 23.8 Å². The van der Waals surface area contributed by atoms with Gasteiger partial charge in [-0.25, -0.2) is 0 Å². The average molecular weight is 521 g/mol. The molecule has 4 rings (SSSR count). The van der Waals surface area contributed by atoms with E-state index in [1.807, 2.05) is 30.0 Å². The fourth-order valence-electron chi connectivity index (χ4n) is 4.61. The number of rotatable bonds is 10. The lowest BCUT2D eigenvalue weighted by atomic mass is 10.1. The average Bonchev–Trinajstić information content (AvgIpc) is 2.92. The summed E-state index contributed by atoms with van der Waals surface area (Å²) in [6.45, 7) is 3.94. The number of nitrogens with zero attached hydrogens (tertiary/aromatic N) is 5. The highest BCUT2D eigenvalue weighted by Gasteiger charge is 2.27. The maximum atomic E-state index is 11.7. The van der Waals surface area contributed by atoms with Crippen LogP contribution in [0.25, 0.3) is 0 Å². The Bertz CT molecular complexity index is 1330. The Kier molecular flexibility index (Phi) is 8.00. The third kappa shape index (κ3) is 6.14. The fraction of sp³-hybridized carbons (Fsp3) is 0.308. The highest BCUT2D eigenvalue weighted by molar-refractivity contribution is 5.71. The van der Waals surface area contributed by atoms with Gasteiger partial charge in [-0.15, -0.1) is 0 Å². The summed E-state index contributed by atoms with van der Waals surface area (Å²) in [5.41, 5.74) is 2.16. The number of nitro benzene ring substituents is 3. The molecule has 1 heterocycles. The summed E-state index contributed by atoms with van der Waals surface area (Å²) in [5, 5.41) is 37.6. The number of anilines is 3. The summed E-state index contributed by atoms with van der Waals surface area (Å²) in [7, 11) is 0. The van der Waals surface area contributed by atoms with Crippen LogP contribution in [-0.4, -0.2) is 47.0 Å². The molecule has 12 nitrogen and oxygen atoms in total. The van der Waals surface area contributed by atoms with Crippen molar-refractivity contribution in [3.63, 3.8) is 0 Å². The highest BCUT2D eigenvalue weighted by atomic mass is 16.6. The normalized spacial score (nSPS) is 14.1. The van der Waals surface area contributed by atoms with Crippen LogP contribution >= 0.6 is 0 Å². The SMILES string of the molecule is C[C@@H](CCc1ccccc1)Nc1cc(N2CCN(c3ccc([N+](=O)[O-])cc3[N+](=O)[O-])CC2)ccc1[N+](=O)[O-]. The molecule has 1 aliphatic heterocycles. The van der Waals surface area contributed by atoms with Crippen molar-refractivity contribution in [2.75, 3.05) is 41.3 Å². The maximum absolute atomic E-state index is 11.7. The number of hydrogen-bond acceptors (Lipinski definition) is 9. The standard InChI is InChI=1S/C26H28N6O6/c1-19(7-8-20-5-3-2-4-6-20)27-23-17-21(9-11-24(23)31(35)36)28-13-15-29(16-14-28)25-12-10-22(30(33)34)18-26(25)32(37)38/h2-6,9-12,17-19,27H,7-8,13-16H2,1H3/t19-/m0/s1. The lowest BCUT2D eigenvalue weighted by Gasteiger charge is -2.37. The number of piperazine rings is 1. The minimum atomic E-state index is -0.655. The number of non-ortho nitro benzene ring substituents is 1. The first-order chi connectivity index (χ1) is 18.2. The van der Waals surface area contributed by atoms with E-state index >= 15 is 0 Å². The zero-order valence-electron chi connectivity index (χ0n) is 20.9. The molecule has 1 aliphatic rings. The third-order valence-electron chi connectivity index (χ3n) is 6.64. The molecule has 198 valence electrons. The first kappa shape index (κ1) is 26.3. The molecule has 1 atom stereocenters. The molecule has 12 heteroatoms. The van der Waals surface area contributed by atoms with Gasteiger partial charge in [-0.1, -0.05) is 30.3 Å². The van der Waals surface area contributed by atoms with Gasteiger partial charge in [0.25, 0.3) is 17.1 Å². The fourth-order valence-corrected chi connectivity index (χ4v) is 4.61. The zero-order valence-corrected chi connectivity index (χ0v) is 20.9. The quantitative estimate of drug-likeness (QED) is 0.282. The lowest BCUT2D eigenvalue weighted by Crippen LogP contribution is -2.46. The van der Waals surface area contributed by atoms with Crippen LogP contribution in [-0.2, 0) is 6.42 Å². The number of nitrogens with one attached hydrogen (secondary N) is 1. The maximum Gasteiger partial charge on any atom is 0.299 e. The summed E-state index contributed by atoms with van der Waals surface area (Å²) >= 11 is 0. The van der Waals surface area contributed by atoms with Gasteiger partial charge in [0.2, 0.25) is 0 Å². The van der Waals surface area contributed by atoms with E-state index in [0.29, 0.717) is 37.6 Å². The van der Waals surface area contributed by atoms with Gasteiger partial charge < -0.3 is 15.1 Å². The molecule has 0 aliphatic carbocycles. The van der Waals surface area contributed by atoms with Crippen LogP contribution in [0.2, 0.25) is 0 Å². The Morgan fingerprint density at radius 2 is 1.45 bits per heavy atom. The summed E-state index contributed by atoms with van der Waals surface area (Å²) in [4.78, 5) is 36.5. The van der Waals surface area contributed by atoms with Crippen LogP contribution in [0.3, 0.4) is 0 Å². The van der Waals surface area contributed by atoms with Crippen LogP contribution in [0, 0.1) is 30.3 Å². The molecule has 1 fully saturated rings. The lowest BCUT2D eigenvalue weighted by molar-refractivity contribution is -0.393. The van der Waals surface area contributed by atoms with Crippen molar-refractivity contribution in [1.29, 1.82) is 0 Å². The largest absolute Gasteiger partial charge is 0.377 e. The van der Waals surface area contributed by atoms with Crippen molar-refractivity contribution >= 4 is 34.1 Å². The number of hydrogen-bond donors (Lipinski definition) is 1. The van der Waals surface area contributed by atoms with Crippen LogP contribution in [0.4, 0.5) is 34.1 Å². The van der Waals surface area contributed by atoms with E-state index in [9.17, 15) is 30.3 Å². The second kappa shape index (κ2) is 11.5. The van der Waals surface area contributed by atoms with Gasteiger partial charge >= 0.3 is 0 Å². The van der Waals surface area contributed by atoms with E-state index < -0.39 is 14.8 Å². The predicted molar refractivity (Wildman–Crippen MR) is 145 cm³/mol. The minimum Gasteiger partial charge on any atom is -0.377 e. The molecule has 3 aromatic rings. The summed E-state index contributed by atoms with van der Waals surface area (Å²) in [5.74, 6) is 0. The van der Waals surface area contributed by atoms with E-state index in [0.717, 1.165) is 24.6 Å². The molecule has 0 unspecified atom stereocenters. The molecule has 0 amide bonds. The first-order valence-electron chi connectivity index (χ1n) is 12.2. The van der Waals surface area contributed by atoms with E-state index in [2.05, 4.69) is 22.3 Å². The van der Waals surface area contributed by atoms with Crippen LogP contribution < -0.4 is 15.1 Å². The second-order valence-electron chi connectivity index (χ2n) is 9.19. The molecule has 1 saturated heterocycles. The monoisotopic (exact) mass is 520 g/mol. The van der Waals surface area contributed by atoms with Gasteiger partial charge in [-0.3, -0.25) is 30.3 Å². The van der Waals surface area contributed by atoms with Gasteiger partial charge in [-0.2, -0.15) is 0 Å². The number of benzene rings is 3. The van der Waals surface area contributed by atoms with Crippen molar-refractivity contribution in [2.24, 2.45) is 0 Å². The summed E-state index contributed by atoms with van der Waals surface area (Å²) in [6, 6.07) is 18.7. The first-order valence-corrected chi connectivity index (χ1v) is 12.2. The second-order valence-corrected chi connectivity index (χ2v) is 9.19. The zero-order chi connectivity index (χ0) is 27.2. The molecule has 0 aromatic heterocycles. The number of nitro groups is 3. The Hall–Kier alpha value is -4.74. The summed E-state index contributed by atoms with van der Waals surface area (Å²) < 4.78 is 0. The van der Waals surface area contributed by atoms with Crippen molar-refractivity contribution < 1.29 is 14.8 Å². The van der Waals surface area contributed by atoms with Gasteiger partial charge in [0, 0.05) is 50.0 Å². The molecule has 3 aromatic carbocycles. The van der Waals surface area contributed by atoms with E-state index in [4.69, 9.17) is 0 Å². The molecule has 38 heavy (non-hydrogen) atoms. The van der Waals surface area contributed by atoms with Gasteiger partial charge in [0.1, 0.15) is 11.4 Å². The Morgan fingerprint density at radius 3 is 2.08 bits per heavy atom. The molecule has 0 spiro atoms. The van der Waals surface area contributed by atoms with Gasteiger partial charge in [0.15, 0.2) is 0 Å². The highest BCUT2D eigenvalue weighted by Crippen LogP contribution is 2.34. The van der Waals surface area contributed by atoms with Gasteiger partial charge in [-0.05, 0) is 43.5 Å². The van der Waals surface area contributed by atoms with Crippen molar-refractivity contribution in [1.82, 2.24) is 0 Å². The van der Waals surface area contributed by atoms with Crippen molar-refractivity contribution in [3.8, 4) is 0 Å². The van der Waals surface area contributed by atoms with Crippen LogP contribution in [0.15, 0.2) is 66.7 Å². The van der Waals surface area contributed by atoms with Crippen LogP contribution in [0.5, 0.6) is 0 Å². The minimum absolute atomic E-state index is 0.000418. The Labute approximate surface area is 218 Å². The molecule has 1 N–H and O–H groups in total. The molecular weight excluding hydrogens is 492 g/mol. The van der Waals surface area contributed by atoms with Crippen LogP contribution in [0.1, 0.15) is 18.9 Å². The third-order valence-corrected chi connectivity index (χ3v) is 6.64. The van der Waals surface area contributed by atoms with E-state index in [1.54, 1.807) is 12.1 Å². The van der Waals surface area contributed by atoms with Crippen molar-refractivity contribution in [3.05, 3.63) is 103 Å².